The maximum atomic E-state index is 12.3. The number of hydrogen-bond acceptors (Lipinski definition) is 3. The molecule has 4 nitrogen and oxygen atoms in total. The molecule has 0 radical (unpaired) electrons. The third-order valence-corrected chi connectivity index (χ3v) is 4.02. The van der Waals surface area contributed by atoms with Crippen molar-refractivity contribution in [2.45, 2.75) is 26.7 Å². The van der Waals surface area contributed by atoms with E-state index in [0.29, 0.717) is 22.4 Å². The molecule has 0 aliphatic heterocycles. The maximum absolute atomic E-state index is 12.3. The first kappa shape index (κ1) is 18.1. The van der Waals surface area contributed by atoms with E-state index in [9.17, 15) is 4.79 Å². The number of benzene rings is 2. The fourth-order valence-electron chi connectivity index (χ4n) is 2.55. The summed E-state index contributed by atoms with van der Waals surface area (Å²) in [5.41, 5.74) is 3.89. The molecule has 0 atom stereocenters. The molecule has 5 heteroatoms. The number of amides is 1. The highest BCUT2D eigenvalue weighted by molar-refractivity contribution is 6.31. The van der Waals surface area contributed by atoms with Crippen LogP contribution in [0.3, 0.4) is 0 Å². The number of methoxy groups -OCH3 is 1. The second-order valence-electron chi connectivity index (χ2n) is 5.94. The zero-order valence-corrected chi connectivity index (χ0v) is 15.2. The van der Waals surface area contributed by atoms with Crippen molar-refractivity contribution in [1.82, 2.24) is 0 Å². The van der Waals surface area contributed by atoms with Crippen LogP contribution in [0.1, 0.15) is 30.9 Å². The average Bonchev–Trinajstić information content (AvgIpc) is 2.53. The Morgan fingerprint density at radius 3 is 2.67 bits per heavy atom. The number of nitrogens with one attached hydrogen (secondary N) is 2. The summed E-state index contributed by atoms with van der Waals surface area (Å²) >= 11 is 5.98. The monoisotopic (exact) mass is 346 g/mol. The molecule has 2 aromatic rings. The van der Waals surface area contributed by atoms with Crippen LogP contribution in [0.25, 0.3) is 0 Å². The Labute approximate surface area is 148 Å². The Balaban J connectivity index is 2.09. The van der Waals surface area contributed by atoms with Gasteiger partial charge in [-0.15, -0.1) is 0 Å². The van der Waals surface area contributed by atoms with Crippen molar-refractivity contribution in [3.8, 4) is 5.75 Å². The molecule has 0 aliphatic carbocycles. The SMILES string of the molecule is COc1ccc(Cl)cc1NC(=O)CNc1c(C)cccc1C(C)C. The zero-order valence-electron chi connectivity index (χ0n) is 14.4. The Bertz CT molecular complexity index is 729. The minimum absolute atomic E-state index is 0.159. The highest BCUT2D eigenvalue weighted by Gasteiger charge is 2.12. The lowest BCUT2D eigenvalue weighted by molar-refractivity contribution is -0.114. The number of para-hydroxylation sites is 1. The van der Waals surface area contributed by atoms with E-state index in [4.69, 9.17) is 16.3 Å². The molecule has 0 spiro atoms. The van der Waals surface area contributed by atoms with Gasteiger partial charge in [0.25, 0.3) is 0 Å². The molecule has 2 rings (SSSR count). The number of carbonyl (C=O) groups is 1. The van der Waals surface area contributed by atoms with Gasteiger partial charge in [-0.25, -0.2) is 0 Å². The van der Waals surface area contributed by atoms with Crippen LogP contribution >= 0.6 is 11.6 Å². The molecule has 2 aromatic carbocycles. The molecule has 0 saturated heterocycles. The third kappa shape index (κ3) is 4.42. The Morgan fingerprint density at radius 1 is 1.25 bits per heavy atom. The molecule has 0 heterocycles. The Kier molecular flexibility index (Phi) is 6.10. The van der Waals surface area contributed by atoms with E-state index in [1.165, 1.54) is 5.56 Å². The summed E-state index contributed by atoms with van der Waals surface area (Å²) in [4.78, 5) is 12.3. The minimum Gasteiger partial charge on any atom is -0.495 e. The molecular weight excluding hydrogens is 324 g/mol. The predicted molar refractivity (Wildman–Crippen MR) is 100 cm³/mol. The average molecular weight is 347 g/mol. The number of rotatable bonds is 6. The predicted octanol–water partition coefficient (Wildman–Crippen LogP) is 4.83. The van der Waals surface area contributed by atoms with E-state index in [0.717, 1.165) is 11.3 Å². The molecule has 24 heavy (non-hydrogen) atoms. The van der Waals surface area contributed by atoms with E-state index in [1.54, 1.807) is 25.3 Å². The molecule has 1 amide bonds. The van der Waals surface area contributed by atoms with Crippen molar-refractivity contribution < 1.29 is 9.53 Å². The lowest BCUT2D eigenvalue weighted by Crippen LogP contribution is -2.23. The van der Waals surface area contributed by atoms with Crippen molar-refractivity contribution in [3.63, 3.8) is 0 Å². The van der Waals surface area contributed by atoms with Gasteiger partial charge in [-0.1, -0.05) is 43.6 Å². The molecule has 0 bridgehead atoms. The third-order valence-electron chi connectivity index (χ3n) is 3.79. The smallest absolute Gasteiger partial charge is 0.243 e. The summed E-state index contributed by atoms with van der Waals surface area (Å²) in [6, 6.07) is 11.3. The summed E-state index contributed by atoms with van der Waals surface area (Å²) in [6.45, 7) is 6.47. The van der Waals surface area contributed by atoms with Crippen molar-refractivity contribution in [2.75, 3.05) is 24.3 Å². The largest absolute Gasteiger partial charge is 0.495 e. The van der Waals surface area contributed by atoms with Gasteiger partial charge in [0.2, 0.25) is 5.91 Å². The van der Waals surface area contributed by atoms with E-state index in [2.05, 4.69) is 30.5 Å². The van der Waals surface area contributed by atoms with Crippen LogP contribution < -0.4 is 15.4 Å². The molecule has 0 saturated carbocycles. The van der Waals surface area contributed by atoms with Gasteiger partial charge in [-0.2, -0.15) is 0 Å². The molecule has 0 fully saturated rings. The van der Waals surface area contributed by atoms with Crippen molar-refractivity contribution in [3.05, 3.63) is 52.5 Å². The fourth-order valence-corrected chi connectivity index (χ4v) is 2.73. The van der Waals surface area contributed by atoms with Gasteiger partial charge < -0.3 is 15.4 Å². The van der Waals surface area contributed by atoms with Gasteiger partial charge in [0.05, 0.1) is 19.3 Å². The van der Waals surface area contributed by atoms with Crippen LogP contribution in [0.2, 0.25) is 5.02 Å². The molecule has 0 aliphatic rings. The van der Waals surface area contributed by atoms with Crippen LogP contribution in [0, 0.1) is 6.92 Å². The van der Waals surface area contributed by atoms with Gasteiger partial charge in [-0.3, -0.25) is 4.79 Å². The first-order valence-corrected chi connectivity index (χ1v) is 8.27. The number of ether oxygens (including phenoxy) is 1. The van der Waals surface area contributed by atoms with E-state index < -0.39 is 0 Å². The first-order valence-electron chi connectivity index (χ1n) is 7.89. The van der Waals surface area contributed by atoms with Crippen LogP contribution in [-0.2, 0) is 4.79 Å². The van der Waals surface area contributed by atoms with Crippen molar-refractivity contribution >= 4 is 28.9 Å². The van der Waals surface area contributed by atoms with Gasteiger partial charge in [0.15, 0.2) is 0 Å². The number of carbonyl (C=O) groups excluding carboxylic acids is 1. The number of anilines is 2. The zero-order chi connectivity index (χ0) is 17.7. The van der Waals surface area contributed by atoms with Crippen LogP contribution in [0.15, 0.2) is 36.4 Å². The Morgan fingerprint density at radius 2 is 2.00 bits per heavy atom. The number of halogens is 1. The van der Waals surface area contributed by atoms with Gasteiger partial charge in [0.1, 0.15) is 5.75 Å². The molecule has 0 aromatic heterocycles. The highest BCUT2D eigenvalue weighted by Crippen LogP contribution is 2.29. The molecule has 0 unspecified atom stereocenters. The minimum atomic E-state index is -0.159. The normalized spacial score (nSPS) is 10.6. The summed E-state index contributed by atoms with van der Waals surface area (Å²) < 4.78 is 5.24. The Hall–Kier alpha value is -2.20. The summed E-state index contributed by atoms with van der Waals surface area (Å²) in [6.07, 6.45) is 0. The van der Waals surface area contributed by atoms with Crippen molar-refractivity contribution in [1.29, 1.82) is 0 Å². The van der Waals surface area contributed by atoms with Gasteiger partial charge in [0, 0.05) is 10.7 Å². The first-order chi connectivity index (χ1) is 11.4. The number of hydrogen-bond donors (Lipinski definition) is 2. The fraction of sp³-hybridized carbons (Fsp3) is 0.316. The van der Waals surface area contributed by atoms with E-state index in [1.807, 2.05) is 19.1 Å². The molecular formula is C19H23ClN2O2. The second kappa shape index (κ2) is 8.06. The lowest BCUT2D eigenvalue weighted by atomic mass is 9.98. The lowest BCUT2D eigenvalue weighted by Gasteiger charge is -2.17. The van der Waals surface area contributed by atoms with E-state index >= 15 is 0 Å². The topological polar surface area (TPSA) is 50.4 Å². The number of aryl methyl sites for hydroxylation is 1. The second-order valence-corrected chi connectivity index (χ2v) is 6.38. The standard InChI is InChI=1S/C19H23ClN2O2/c1-12(2)15-7-5-6-13(3)19(15)21-11-18(23)22-16-10-14(20)8-9-17(16)24-4/h5-10,12,21H,11H2,1-4H3,(H,22,23). The van der Waals surface area contributed by atoms with Crippen LogP contribution in [0.5, 0.6) is 5.75 Å². The van der Waals surface area contributed by atoms with Crippen molar-refractivity contribution in [2.24, 2.45) is 0 Å². The highest BCUT2D eigenvalue weighted by atomic mass is 35.5. The van der Waals surface area contributed by atoms with Gasteiger partial charge in [-0.05, 0) is 42.2 Å². The van der Waals surface area contributed by atoms with Gasteiger partial charge >= 0.3 is 0 Å². The summed E-state index contributed by atoms with van der Waals surface area (Å²) in [5, 5.41) is 6.62. The molecule has 2 N–H and O–H groups in total. The van der Waals surface area contributed by atoms with Crippen LogP contribution in [0.4, 0.5) is 11.4 Å². The summed E-state index contributed by atoms with van der Waals surface area (Å²) in [7, 11) is 1.55. The maximum Gasteiger partial charge on any atom is 0.243 e. The van der Waals surface area contributed by atoms with Crippen LogP contribution in [-0.4, -0.2) is 19.6 Å². The quantitative estimate of drug-likeness (QED) is 0.787. The van der Waals surface area contributed by atoms with E-state index in [-0.39, 0.29) is 12.5 Å². The molecule has 128 valence electrons. The summed E-state index contributed by atoms with van der Waals surface area (Å²) in [5.74, 6) is 0.795.